The van der Waals surface area contributed by atoms with Crippen LogP contribution < -0.4 is 4.74 Å². The van der Waals surface area contributed by atoms with Gasteiger partial charge >= 0.3 is 0 Å². The second-order valence-electron chi connectivity index (χ2n) is 4.22. The van der Waals surface area contributed by atoms with Crippen LogP contribution >= 0.6 is 11.6 Å². The molecule has 0 bridgehead atoms. The van der Waals surface area contributed by atoms with Gasteiger partial charge in [-0.05, 0) is 43.9 Å². The molecule has 0 unspecified atom stereocenters. The molecule has 90 valence electrons. The van der Waals surface area contributed by atoms with E-state index in [4.69, 9.17) is 16.3 Å². The van der Waals surface area contributed by atoms with Crippen molar-refractivity contribution in [3.8, 4) is 5.75 Å². The molecule has 1 aromatic rings. The summed E-state index contributed by atoms with van der Waals surface area (Å²) in [6.45, 7) is 4.99. The number of alkyl halides is 1. The normalized spacial score (nSPS) is 10.4. The molecule has 16 heavy (non-hydrogen) atoms. The molecule has 0 amide bonds. The van der Waals surface area contributed by atoms with Gasteiger partial charge in [-0.1, -0.05) is 25.0 Å². The van der Waals surface area contributed by atoms with Gasteiger partial charge in [0, 0.05) is 5.88 Å². The zero-order chi connectivity index (χ0) is 11.8. The predicted octanol–water partition coefficient (Wildman–Crippen LogP) is 4.48. The van der Waals surface area contributed by atoms with Gasteiger partial charge in [-0.15, -0.1) is 11.6 Å². The van der Waals surface area contributed by atoms with Crippen molar-refractivity contribution in [1.82, 2.24) is 0 Å². The van der Waals surface area contributed by atoms with Crippen LogP contribution in [0.4, 0.5) is 0 Å². The number of rotatable bonds is 7. The van der Waals surface area contributed by atoms with Crippen molar-refractivity contribution < 1.29 is 4.74 Å². The topological polar surface area (TPSA) is 9.23 Å². The molecule has 0 saturated heterocycles. The molecule has 0 aliphatic rings. The summed E-state index contributed by atoms with van der Waals surface area (Å²) < 4.78 is 5.76. The Kier molecular flexibility index (Phi) is 6.32. The van der Waals surface area contributed by atoms with E-state index in [-0.39, 0.29) is 0 Å². The molecule has 0 fully saturated rings. The van der Waals surface area contributed by atoms with Gasteiger partial charge in [0.2, 0.25) is 0 Å². The summed E-state index contributed by atoms with van der Waals surface area (Å²) >= 11 is 5.62. The minimum Gasteiger partial charge on any atom is -0.493 e. The van der Waals surface area contributed by atoms with E-state index in [9.17, 15) is 0 Å². The van der Waals surface area contributed by atoms with Crippen LogP contribution in [0.2, 0.25) is 0 Å². The van der Waals surface area contributed by atoms with E-state index in [1.165, 1.54) is 24.0 Å². The van der Waals surface area contributed by atoms with Crippen molar-refractivity contribution in [3.05, 3.63) is 29.3 Å². The standard InChI is InChI=1S/C14H21ClO/c1-12-7-8-13(2)14(11-12)16-10-6-4-3-5-9-15/h7-8,11H,3-6,9-10H2,1-2H3. The first-order valence-electron chi connectivity index (χ1n) is 6.00. The van der Waals surface area contributed by atoms with Crippen LogP contribution in [0.1, 0.15) is 36.8 Å². The van der Waals surface area contributed by atoms with Crippen molar-refractivity contribution in [2.24, 2.45) is 0 Å². The van der Waals surface area contributed by atoms with Crippen molar-refractivity contribution in [3.63, 3.8) is 0 Å². The largest absolute Gasteiger partial charge is 0.493 e. The van der Waals surface area contributed by atoms with E-state index < -0.39 is 0 Å². The second kappa shape index (κ2) is 7.56. The fraction of sp³-hybridized carbons (Fsp3) is 0.571. The van der Waals surface area contributed by atoms with Crippen LogP contribution in [0, 0.1) is 13.8 Å². The summed E-state index contributed by atoms with van der Waals surface area (Å²) in [5, 5.41) is 0. The Morgan fingerprint density at radius 2 is 1.81 bits per heavy atom. The van der Waals surface area contributed by atoms with Crippen LogP contribution in [0.25, 0.3) is 0 Å². The molecule has 0 radical (unpaired) electrons. The Balaban J connectivity index is 2.23. The average Bonchev–Trinajstić information content (AvgIpc) is 2.28. The number of unbranched alkanes of at least 4 members (excludes halogenated alkanes) is 3. The van der Waals surface area contributed by atoms with Gasteiger partial charge < -0.3 is 4.74 Å². The minimum atomic E-state index is 0.776. The van der Waals surface area contributed by atoms with Crippen molar-refractivity contribution in [1.29, 1.82) is 0 Å². The smallest absolute Gasteiger partial charge is 0.122 e. The number of halogens is 1. The van der Waals surface area contributed by atoms with Crippen LogP contribution in [0.5, 0.6) is 5.75 Å². The molecule has 0 saturated carbocycles. The van der Waals surface area contributed by atoms with E-state index in [2.05, 4.69) is 32.0 Å². The first-order valence-corrected chi connectivity index (χ1v) is 6.53. The lowest BCUT2D eigenvalue weighted by Gasteiger charge is -2.09. The summed E-state index contributed by atoms with van der Waals surface area (Å²) in [7, 11) is 0. The molecule has 0 aliphatic carbocycles. The molecule has 0 heterocycles. The summed E-state index contributed by atoms with van der Waals surface area (Å²) in [5.41, 5.74) is 2.47. The van der Waals surface area contributed by atoms with Gasteiger partial charge in [0.25, 0.3) is 0 Å². The highest BCUT2D eigenvalue weighted by atomic mass is 35.5. The zero-order valence-corrected chi connectivity index (χ0v) is 11.0. The molecule has 0 aromatic heterocycles. The number of hydrogen-bond acceptors (Lipinski definition) is 1. The Morgan fingerprint density at radius 3 is 2.56 bits per heavy atom. The highest BCUT2D eigenvalue weighted by molar-refractivity contribution is 6.17. The maximum absolute atomic E-state index is 5.76. The van der Waals surface area contributed by atoms with Crippen molar-refractivity contribution in [2.45, 2.75) is 39.5 Å². The Morgan fingerprint density at radius 1 is 1.06 bits per heavy atom. The third kappa shape index (κ3) is 4.89. The monoisotopic (exact) mass is 240 g/mol. The summed E-state index contributed by atoms with van der Waals surface area (Å²) in [6, 6.07) is 6.33. The molecule has 1 rings (SSSR count). The van der Waals surface area contributed by atoms with Gasteiger partial charge in [0.1, 0.15) is 5.75 Å². The average molecular weight is 241 g/mol. The minimum absolute atomic E-state index is 0.776. The lowest BCUT2D eigenvalue weighted by Crippen LogP contribution is -1.99. The maximum Gasteiger partial charge on any atom is 0.122 e. The summed E-state index contributed by atoms with van der Waals surface area (Å²) in [5.74, 6) is 1.80. The van der Waals surface area contributed by atoms with Crippen molar-refractivity contribution in [2.75, 3.05) is 12.5 Å². The van der Waals surface area contributed by atoms with Crippen LogP contribution in [-0.4, -0.2) is 12.5 Å². The first kappa shape index (κ1) is 13.4. The van der Waals surface area contributed by atoms with E-state index in [1.54, 1.807) is 0 Å². The molecule has 0 spiro atoms. The van der Waals surface area contributed by atoms with Gasteiger partial charge in [-0.3, -0.25) is 0 Å². The lowest BCUT2D eigenvalue weighted by molar-refractivity contribution is 0.303. The van der Waals surface area contributed by atoms with E-state index in [0.717, 1.165) is 31.1 Å². The Bertz CT molecular complexity index is 310. The maximum atomic E-state index is 5.76. The highest BCUT2D eigenvalue weighted by Gasteiger charge is 1.99. The number of aryl methyl sites for hydroxylation is 2. The molecule has 1 nitrogen and oxygen atoms in total. The zero-order valence-electron chi connectivity index (χ0n) is 10.3. The van der Waals surface area contributed by atoms with Crippen LogP contribution in [-0.2, 0) is 0 Å². The van der Waals surface area contributed by atoms with Crippen LogP contribution in [0.3, 0.4) is 0 Å². The third-order valence-corrected chi connectivity index (χ3v) is 2.90. The molecule has 0 atom stereocenters. The number of benzene rings is 1. The molecule has 1 aromatic carbocycles. The fourth-order valence-corrected chi connectivity index (χ4v) is 1.78. The summed E-state index contributed by atoms with van der Waals surface area (Å²) in [6.07, 6.45) is 4.65. The van der Waals surface area contributed by atoms with Gasteiger partial charge in [0.15, 0.2) is 0 Å². The molecule has 0 N–H and O–H groups in total. The Labute approximate surface area is 104 Å². The summed E-state index contributed by atoms with van der Waals surface area (Å²) in [4.78, 5) is 0. The Hall–Kier alpha value is -0.690. The number of ether oxygens (including phenoxy) is 1. The van der Waals surface area contributed by atoms with E-state index >= 15 is 0 Å². The van der Waals surface area contributed by atoms with Gasteiger partial charge in [-0.25, -0.2) is 0 Å². The SMILES string of the molecule is Cc1ccc(C)c(OCCCCCCCl)c1. The highest BCUT2D eigenvalue weighted by Crippen LogP contribution is 2.19. The van der Waals surface area contributed by atoms with E-state index in [0.29, 0.717) is 0 Å². The molecular weight excluding hydrogens is 220 g/mol. The number of hydrogen-bond donors (Lipinski definition) is 0. The molecular formula is C14H21ClO. The second-order valence-corrected chi connectivity index (χ2v) is 4.60. The predicted molar refractivity (Wildman–Crippen MR) is 70.6 cm³/mol. The molecule has 2 heteroatoms. The van der Waals surface area contributed by atoms with Crippen molar-refractivity contribution >= 4 is 11.6 Å². The quantitative estimate of drug-likeness (QED) is 0.504. The van der Waals surface area contributed by atoms with Crippen LogP contribution in [0.15, 0.2) is 18.2 Å². The van der Waals surface area contributed by atoms with E-state index in [1.807, 2.05) is 0 Å². The first-order chi connectivity index (χ1) is 7.74. The van der Waals surface area contributed by atoms with Gasteiger partial charge in [0.05, 0.1) is 6.61 Å². The fourth-order valence-electron chi connectivity index (χ4n) is 1.60. The molecule has 0 aliphatic heterocycles. The third-order valence-electron chi connectivity index (χ3n) is 2.63. The van der Waals surface area contributed by atoms with Gasteiger partial charge in [-0.2, -0.15) is 0 Å². The lowest BCUT2D eigenvalue weighted by atomic mass is 10.1.